The van der Waals surface area contributed by atoms with Crippen LogP contribution in [-0.2, 0) is 13.1 Å². The average molecular weight is 411 g/mol. The third-order valence-electron chi connectivity index (χ3n) is 5.08. The number of H-pyrrole nitrogens is 1. The summed E-state index contributed by atoms with van der Waals surface area (Å²) in [5.41, 5.74) is 12.4. The standard InChI is InChI=1S/C25H22N4S/c26-20-5-3-4-18(14-20)16-27-15-17-8-10-19(11-9-17)23-12-13-24(30-23)25-28-21-6-1-2-7-22(21)29-25/h1-14,27H,15-16,26H2,(H,28,29). The molecule has 0 saturated heterocycles. The molecular weight excluding hydrogens is 388 g/mol. The van der Waals surface area contributed by atoms with Crippen LogP contribution < -0.4 is 11.1 Å². The van der Waals surface area contributed by atoms with Gasteiger partial charge < -0.3 is 16.0 Å². The minimum absolute atomic E-state index is 0.802. The fourth-order valence-electron chi connectivity index (χ4n) is 3.53. The molecule has 4 nitrogen and oxygen atoms in total. The summed E-state index contributed by atoms with van der Waals surface area (Å²) in [7, 11) is 0. The number of nitrogens with one attached hydrogen (secondary N) is 2. The Kier molecular flexibility index (Phi) is 5.05. The summed E-state index contributed by atoms with van der Waals surface area (Å²) < 4.78 is 0. The minimum atomic E-state index is 0.802. The molecule has 0 aliphatic rings. The number of rotatable bonds is 6. The van der Waals surface area contributed by atoms with Crippen molar-refractivity contribution in [2.75, 3.05) is 5.73 Å². The summed E-state index contributed by atoms with van der Waals surface area (Å²) in [6.07, 6.45) is 0. The first-order chi connectivity index (χ1) is 14.7. The number of benzene rings is 3. The van der Waals surface area contributed by atoms with Gasteiger partial charge in [-0.25, -0.2) is 4.98 Å². The summed E-state index contributed by atoms with van der Waals surface area (Å²) in [5, 5.41) is 3.48. The second-order valence-corrected chi connectivity index (χ2v) is 8.40. The smallest absolute Gasteiger partial charge is 0.148 e. The number of hydrogen-bond acceptors (Lipinski definition) is 4. The van der Waals surface area contributed by atoms with Crippen molar-refractivity contribution in [1.29, 1.82) is 0 Å². The third kappa shape index (κ3) is 3.99. The number of nitrogens with zero attached hydrogens (tertiary/aromatic N) is 1. The molecule has 148 valence electrons. The number of anilines is 1. The molecule has 5 rings (SSSR count). The van der Waals surface area contributed by atoms with Crippen LogP contribution >= 0.6 is 11.3 Å². The van der Waals surface area contributed by atoms with E-state index in [9.17, 15) is 0 Å². The third-order valence-corrected chi connectivity index (χ3v) is 6.22. The van der Waals surface area contributed by atoms with Crippen molar-refractivity contribution < 1.29 is 0 Å². The fourth-order valence-corrected chi connectivity index (χ4v) is 4.49. The van der Waals surface area contributed by atoms with Gasteiger partial charge >= 0.3 is 0 Å². The molecule has 3 aromatic carbocycles. The van der Waals surface area contributed by atoms with Crippen LogP contribution in [0.25, 0.3) is 32.2 Å². The Morgan fingerprint density at radius 1 is 0.800 bits per heavy atom. The summed E-state index contributed by atoms with van der Waals surface area (Å²) in [6, 6.07) is 29.2. The molecule has 5 aromatic rings. The van der Waals surface area contributed by atoms with Gasteiger partial charge in [0.2, 0.25) is 0 Å². The van der Waals surface area contributed by atoms with E-state index < -0.39 is 0 Å². The monoisotopic (exact) mass is 410 g/mol. The van der Waals surface area contributed by atoms with Crippen LogP contribution in [0.5, 0.6) is 0 Å². The molecule has 0 spiro atoms. The van der Waals surface area contributed by atoms with Gasteiger partial charge in [0.1, 0.15) is 5.82 Å². The first-order valence-corrected chi connectivity index (χ1v) is 10.8. The molecule has 0 aliphatic heterocycles. The van der Waals surface area contributed by atoms with E-state index in [-0.39, 0.29) is 0 Å². The molecule has 0 aliphatic carbocycles. The maximum Gasteiger partial charge on any atom is 0.148 e. The molecule has 30 heavy (non-hydrogen) atoms. The van der Waals surface area contributed by atoms with Gasteiger partial charge in [-0.15, -0.1) is 11.3 Å². The van der Waals surface area contributed by atoms with E-state index in [1.54, 1.807) is 11.3 Å². The van der Waals surface area contributed by atoms with Crippen LogP contribution in [0, 0.1) is 0 Å². The van der Waals surface area contributed by atoms with E-state index in [0.29, 0.717) is 0 Å². The zero-order valence-electron chi connectivity index (χ0n) is 16.4. The highest BCUT2D eigenvalue weighted by Crippen LogP contribution is 2.34. The molecular formula is C25H22N4S. The van der Waals surface area contributed by atoms with Crippen molar-refractivity contribution in [3.05, 3.63) is 96.1 Å². The van der Waals surface area contributed by atoms with E-state index >= 15 is 0 Å². The van der Waals surface area contributed by atoms with Crippen molar-refractivity contribution in [3.63, 3.8) is 0 Å². The number of hydrogen-bond donors (Lipinski definition) is 3. The van der Waals surface area contributed by atoms with Gasteiger partial charge in [-0.1, -0.05) is 48.5 Å². The normalized spacial score (nSPS) is 11.2. The Morgan fingerprint density at radius 2 is 1.60 bits per heavy atom. The van der Waals surface area contributed by atoms with Crippen LogP contribution in [-0.4, -0.2) is 9.97 Å². The molecule has 5 heteroatoms. The highest BCUT2D eigenvalue weighted by molar-refractivity contribution is 7.18. The first kappa shape index (κ1) is 18.6. The summed E-state index contributed by atoms with van der Waals surface area (Å²) in [4.78, 5) is 10.5. The predicted octanol–water partition coefficient (Wildman–Crippen LogP) is 5.83. The molecule has 4 N–H and O–H groups in total. The van der Waals surface area contributed by atoms with Crippen molar-refractivity contribution in [2.45, 2.75) is 13.1 Å². The number of thiophene rings is 1. The minimum Gasteiger partial charge on any atom is -0.399 e. The lowest BCUT2D eigenvalue weighted by molar-refractivity contribution is 0.694. The topological polar surface area (TPSA) is 66.7 Å². The molecule has 0 atom stereocenters. The fraction of sp³-hybridized carbons (Fsp3) is 0.0800. The van der Waals surface area contributed by atoms with E-state index in [2.05, 4.69) is 58.8 Å². The zero-order valence-corrected chi connectivity index (χ0v) is 17.2. The van der Waals surface area contributed by atoms with Gasteiger partial charge in [-0.05, 0) is 53.1 Å². The van der Waals surface area contributed by atoms with Gasteiger partial charge in [0.05, 0.1) is 15.9 Å². The van der Waals surface area contributed by atoms with Crippen molar-refractivity contribution in [2.24, 2.45) is 0 Å². The lowest BCUT2D eigenvalue weighted by atomic mass is 10.1. The number of aromatic amines is 1. The zero-order chi connectivity index (χ0) is 20.3. The second-order valence-electron chi connectivity index (χ2n) is 7.31. The Labute approximate surface area is 179 Å². The molecule has 0 amide bonds. The highest BCUT2D eigenvalue weighted by atomic mass is 32.1. The maximum absolute atomic E-state index is 5.84. The number of fused-ring (bicyclic) bond motifs is 1. The highest BCUT2D eigenvalue weighted by Gasteiger charge is 2.09. The van der Waals surface area contributed by atoms with Crippen LogP contribution in [0.3, 0.4) is 0 Å². The predicted molar refractivity (Wildman–Crippen MR) is 126 cm³/mol. The number of aromatic nitrogens is 2. The van der Waals surface area contributed by atoms with Gasteiger partial charge in [-0.2, -0.15) is 0 Å². The molecule has 0 saturated carbocycles. The van der Waals surface area contributed by atoms with Crippen LogP contribution in [0.1, 0.15) is 11.1 Å². The first-order valence-electron chi connectivity index (χ1n) is 9.94. The molecule has 0 unspecified atom stereocenters. The van der Waals surface area contributed by atoms with Gasteiger partial charge in [0.15, 0.2) is 0 Å². The Bertz CT molecular complexity index is 1250. The second kappa shape index (κ2) is 8.14. The van der Waals surface area contributed by atoms with Crippen LogP contribution in [0.2, 0.25) is 0 Å². The van der Waals surface area contributed by atoms with Gasteiger partial charge in [-0.3, -0.25) is 0 Å². The van der Waals surface area contributed by atoms with E-state index in [1.807, 2.05) is 36.4 Å². The molecule has 0 bridgehead atoms. The molecule has 0 radical (unpaired) electrons. The Balaban J connectivity index is 1.25. The number of para-hydroxylation sites is 2. The Morgan fingerprint density at radius 3 is 2.43 bits per heavy atom. The molecule has 2 aromatic heterocycles. The summed E-state index contributed by atoms with van der Waals surface area (Å²) >= 11 is 1.76. The lowest BCUT2D eigenvalue weighted by Gasteiger charge is -2.07. The van der Waals surface area contributed by atoms with Crippen molar-refractivity contribution in [3.8, 4) is 21.1 Å². The van der Waals surface area contributed by atoms with E-state index in [0.717, 1.165) is 40.5 Å². The molecule has 0 fully saturated rings. The Hall–Kier alpha value is -3.41. The maximum atomic E-state index is 5.84. The van der Waals surface area contributed by atoms with Gasteiger partial charge in [0, 0.05) is 23.7 Å². The lowest BCUT2D eigenvalue weighted by Crippen LogP contribution is -2.12. The number of imidazole rings is 1. The number of nitrogen functional groups attached to an aromatic ring is 1. The molecule has 2 heterocycles. The number of nitrogens with two attached hydrogens (primary N) is 1. The van der Waals surface area contributed by atoms with Crippen molar-refractivity contribution in [1.82, 2.24) is 15.3 Å². The van der Waals surface area contributed by atoms with Crippen LogP contribution in [0.4, 0.5) is 5.69 Å². The SMILES string of the molecule is Nc1cccc(CNCc2ccc(-c3ccc(-c4nc5ccccc5[nH]4)s3)cc2)c1. The summed E-state index contributed by atoms with van der Waals surface area (Å²) in [5.74, 6) is 0.926. The average Bonchev–Trinajstić information content (AvgIpc) is 3.41. The van der Waals surface area contributed by atoms with Crippen molar-refractivity contribution >= 4 is 28.1 Å². The summed E-state index contributed by atoms with van der Waals surface area (Å²) in [6.45, 7) is 1.63. The van der Waals surface area contributed by atoms with E-state index in [1.165, 1.54) is 21.6 Å². The van der Waals surface area contributed by atoms with Gasteiger partial charge in [0.25, 0.3) is 0 Å². The van der Waals surface area contributed by atoms with E-state index in [4.69, 9.17) is 10.7 Å². The van der Waals surface area contributed by atoms with Crippen LogP contribution in [0.15, 0.2) is 84.9 Å². The largest absolute Gasteiger partial charge is 0.399 e. The quantitative estimate of drug-likeness (QED) is 0.309.